The van der Waals surface area contributed by atoms with Crippen molar-refractivity contribution in [3.63, 3.8) is 0 Å². The van der Waals surface area contributed by atoms with Gasteiger partial charge in [0, 0.05) is 0 Å². The van der Waals surface area contributed by atoms with Crippen molar-refractivity contribution in [2.45, 2.75) is 0 Å². The zero-order valence-corrected chi connectivity index (χ0v) is 7.62. The van der Waals surface area contributed by atoms with E-state index in [0.29, 0.717) is 0 Å². The second-order valence-electron chi connectivity index (χ2n) is 0.247. The second kappa shape index (κ2) is 3.08. The summed E-state index contributed by atoms with van der Waals surface area (Å²) in [6.07, 6.45) is 0. The van der Waals surface area contributed by atoms with E-state index >= 15 is 0 Å². The Morgan fingerprint density at radius 1 is 1.00 bits per heavy atom. The molecule has 0 atom stereocenters. The van der Waals surface area contributed by atoms with Crippen LogP contribution in [-0.4, -0.2) is 0 Å². The van der Waals surface area contributed by atoms with Gasteiger partial charge in [-0.25, -0.2) is 0 Å². The van der Waals surface area contributed by atoms with Crippen molar-refractivity contribution in [3.05, 3.63) is 0 Å². The third-order valence-electron chi connectivity index (χ3n) is 0. The molecule has 0 aliphatic rings. The van der Waals surface area contributed by atoms with Gasteiger partial charge >= 0.3 is 50.5 Å². The Morgan fingerprint density at radius 2 is 1.00 bits per heavy atom. The monoisotopic (exact) mass is 270 g/mol. The summed E-state index contributed by atoms with van der Waals surface area (Å²) in [7, 11) is 0. The molecular weight excluding hydrogens is 271 g/mol. The van der Waals surface area contributed by atoms with Gasteiger partial charge in [-0.05, 0) is 0 Å². The molecule has 0 heterocycles. The van der Waals surface area contributed by atoms with Gasteiger partial charge in [0.25, 0.3) is 0 Å². The van der Waals surface area contributed by atoms with E-state index in [1.807, 2.05) is 0 Å². The molecule has 0 saturated carbocycles. The van der Waals surface area contributed by atoms with Crippen LogP contribution >= 0.6 is 50.5 Å². The van der Waals surface area contributed by atoms with Crippen LogP contribution in [0.5, 0.6) is 0 Å². The molecule has 0 aromatic rings. The van der Waals surface area contributed by atoms with E-state index in [1.165, 1.54) is 0 Å². The summed E-state index contributed by atoms with van der Waals surface area (Å²) in [5.74, 6) is 0. The maximum absolute atomic E-state index is 3.24. The van der Waals surface area contributed by atoms with E-state index in [1.54, 1.807) is 0 Å². The van der Waals surface area contributed by atoms with Crippen molar-refractivity contribution < 1.29 is 0 Å². The average molecular weight is 273 g/mol. The van der Waals surface area contributed by atoms with Gasteiger partial charge in [-0.15, -0.1) is 0 Å². The summed E-state index contributed by atoms with van der Waals surface area (Å²) in [4.78, 5) is 0. The van der Waals surface area contributed by atoms with Crippen molar-refractivity contribution >= 4 is 50.5 Å². The van der Waals surface area contributed by atoms with Crippen molar-refractivity contribution in [3.8, 4) is 0 Å². The normalized spacial score (nSPS) is 11.2. The summed E-state index contributed by atoms with van der Waals surface area (Å²) in [5, 5.41) is 0. The van der Waals surface area contributed by atoms with Crippen LogP contribution in [0.4, 0.5) is 0 Å². The van der Waals surface area contributed by atoms with Gasteiger partial charge in [0.2, 0.25) is 0 Å². The van der Waals surface area contributed by atoms with E-state index in [0.717, 1.165) is 0 Å². The third kappa shape index (κ3) is 9.12. The Morgan fingerprint density at radius 3 is 1.00 bits per heavy atom. The molecule has 0 nitrogen and oxygen atoms in total. The molecule has 0 rings (SSSR count). The predicted octanol–water partition coefficient (Wildman–Crippen LogP) is 2.86. The van der Waals surface area contributed by atoms with Gasteiger partial charge in [-0.2, -0.15) is 0 Å². The zero-order valence-electron chi connectivity index (χ0n) is 1.71. The van der Waals surface area contributed by atoms with Gasteiger partial charge in [-0.1, -0.05) is 0 Å². The fourth-order valence-corrected chi connectivity index (χ4v) is 0. The van der Waals surface area contributed by atoms with Crippen LogP contribution < -0.4 is 0 Å². The third-order valence-corrected chi connectivity index (χ3v) is 0. The minimum atomic E-state index is -0.701. The first-order valence-electron chi connectivity index (χ1n) is 0.655. The average Bonchev–Trinajstić information content (AvgIpc) is 0.811. The number of halogens is 3. The molecule has 0 aromatic heterocycles. The van der Waals surface area contributed by atoms with Crippen molar-refractivity contribution in [2.24, 2.45) is 0 Å². The number of hydrogen-bond donors (Lipinski definition) is 0. The topological polar surface area (TPSA) is 0 Å². The molecule has 0 radical (unpaired) electrons. The summed E-state index contributed by atoms with van der Waals surface area (Å²) in [6.45, 7) is 0. The van der Waals surface area contributed by atoms with Gasteiger partial charge in [0.15, 0.2) is 0 Å². The van der Waals surface area contributed by atoms with E-state index in [-0.39, 0.29) is 0 Å². The molecule has 4 heavy (non-hydrogen) atoms. The first-order valence-corrected chi connectivity index (χ1v) is 10.2. The van der Waals surface area contributed by atoms with Gasteiger partial charge in [-0.3, -0.25) is 0 Å². The molecule has 4 heteroatoms. The van der Waals surface area contributed by atoms with Gasteiger partial charge in [0.05, 0.1) is 0 Å². The molecule has 0 amide bonds. The van der Waals surface area contributed by atoms with Crippen molar-refractivity contribution in [1.82, 2.24) is 0 Å². The Labute approximate surface area is 50.3 Å². The van der Waals surface area contributed by atoms with Crippen LogP contribution in [0.2, 0.25) is 0 Å². The van der Waals surface area contributed by atoms with Crippen molar-refractivity contribution in [2.75, 3.05) is 0 Å². The van der Waals surface area contributed by atoms with Crippen molar-refractivity contribution in [1.29, 1.82) is 0 Å². The summed E-state index contributed by atoms with van der Waals surface area (Å²) in [5.41, 5.74) is 0. The van der Waals surface area contributed by atoms with Gasteiger partial charge < -0.3 is 0 Å². The van der Waals surface area contributed by atoms with Crippen LogP contribution in [0.3, 0.4) is 0 Å². The molecule has 0 aromatic carbocycles. The number of hydrogen-bond acceptors (Lipinski definition) is 0. The Balaban J connectivity index is 2.32. The molecule has 0 unspecified atom stereocenters. The van der Waals surface area contributed by atoms with Crippen LogP contribution in [0.25, 0.3) is 0 Å². The molecule has 0 aliphatic carbocycles. The SMILES string of the molecule is Br[PH2](Br)Br. The summed E-state index contributed by atoms with van der Waals surface area (Å²) >= 11 is 9.73. The quantitative estimate of drug-likeness (QED) is 0.595. The van der Waals surface area contributed by atoms with Gasteiger partial charge in [0.1, 0.15) is 0 Å². The standard InChI is InChI=1S/Br3H2P/c1-4(2)3/h4H2. The summed E-state index contributed by atoms with van der Waals surface area (Å²) < 4.78 is -0.701. The molecule has 0 bridgehead atoms. The first kappa shape index (κ1) is 5.87. The Bertz CT molecular complexity index is 8.00. The van der Waals surface area contributed by atoms with Crippen LogP contribution in [0.15, 0.2) is 0 Å². The minimum absolute atomic E-state index is 0.701. The van der Waals surface area contributed by atoms with Crippen LogP contribution in [0.1, 0.15) is 0 Å². The fraction of sp³-hybridized carbons (Fsp3) is 0. The first-order chi connectivity index (χ1) is 1.73. The number of rotatable bonds is 0. The van der Waals surface area contributed by atoms with E-state index in [2.05, 4.69) is 46.5 Å². The second-order valence-corrected chi connectivity index (χ2v) is 20.0. The predicted molar refractivity (Wildman–Crippen MR) is 36.5 cm³/mol. The van der Waals surface area contributed by atoms with E-state index in [9.17, 15) is 0 Å². The molecule has 0 saturated heterocycles. The molecule has 28 valence electrons. The van der Waals surface area contributed by atoms with E-state index < -0.39 is 4.03 Å². The molecule has 0 N–H and O–H groups in total. The summed E-state index contributed by atoms with van der Waals surface area (Å²) in [6, 6.07) is 0. The van der Waals surface area contributed by atoms with E-state index in [4.69, 9.17) is 0 Å². The maximum atomic E-state index is 3.24. The Kier molecular flexibility index (Phi) is 4.51. The zero-order chi connectivity index (χ0) is 3.58. The molecule has 0 fully saturated rings. The molecule has 0 spiro atoms. The van der Waals surface area contributed by atoms with Crippen LogP contribution in [0, 0.1) is 0 Å². The Hall–Kier alpha value is 1.87. The fourth-order valence-electron chi connectivity index (χ4n) is 0. The van der Waals surface area contributed by atoms with Crippen LogP contribution in [-0.2, 0) is 0 Å². The molecular formula is H2Br3P. The molecule has 0 aliphatic heterocycles.